The quantitative estimate of drug-likeness (QED) is 0.569. The first-order chi connectivity index (χ1) is 7.99. The second-order valence-corrected chi connectivity index (χ2v) is 6.66. The molecule has 0 aliphatic heterocycles. The Hall–Kier alpha value is -0.0400. The monoisotopic (exact) mass is 440 g/mol. The van der Waals surface area contributed by atoms with Crippen LogP contribution in [0.5, 0.6) is 0 Å². The Bertz CT molecular complexity index is 574. The number of carbonyl (C=O) groups is 1. The Kier molecular flexibility index (Phi) is 4.18. The van der Waals surface area contributed by atoms with Crippen molar-refractivity contribution in [1.82, 2.24) is 0 Å². The zero-order valence-corrected chi connectivity index (χ0v) is 13.7. The molecule has 17 heavy (non-hydrogen) atoms. The predicted molar refractivity (Wildman–Crippen MR) is 77.3 cm³/mol. The molecule has 6 heteroatoms. The normalized spacial score (nSPS) is 10.6. The van der Waals surface area contributed by atoms with E-state index in [-0.39, 0.29) is 5.78 Å². The van der Waals surface area contributed by atoms with E-state index in [4.69, 9.17) is 0 Å². The first kappa shape index (κ1) is 13.4. The molecule has 0 fully saturated rings. The summed E-state index contributed by atoms with van der Waals surface area (Å²) >= 11 is 11.1. The van der Waals surface area contributed by atoms with Gasteiger partial charge in [-0.2, -0.15) is 0 Å². The van der Waals surface area contributed by atoms with Crippen LogP contribution >= 0.6 is 59.1 Å². The molecule has 0 bridgehead atoms. The van der Waals surface area contributed by atoms with E-state index in [0.717, 1.165) is 4.47 Å². The van der Waals surface area contributed by atoms with Gasteiger partial charge in [0.2, 0.25) is 5.78 Å². The zero-order valence-electron chi connectivity index (χ0n) is 8.14. The summed E-state index contributed by atoms with van der Waals surface area (Å²) in [4.78, 5) is 12.7. The molecule has 0 amide bonds. The molecule has 0 N–H and O–H groups in total. The summed E-state index contributed by atoms with van der Waals surface area (Å²) in [6.07, 6.45) is 0. The van der Waals surface area contributed by atoms with Crippen molar-refractivity contribution in [2.45, 2.75) is 0 Å². The maximum atomic E-state index is 13.2. The molecule has 2 aromatic rings. The minimum Gasteiger partial charge on any atom is -0.288 e. The summed E-state index contributed by atoms with van der Waals surface area (Å²) in [6.45, 7) is 0. The van der Waals surface area contributed by atoms with Gasteiger partial charge in [-0.05, 0) is 50.1 Å². The van der Waals surface area contributed by atoms with Crippen molar-refractivity contribution in [2.24, 2.45) is 0 Å². The number of carbonyl (C=O) groups excluding carboxylic acids is 1. The highest BCUT2D eigenvalue weighted by Crippen LogP contribution is 2.34. The van der Waals surface area contributed by atoms with Crippen LogP contribution in [0.2, 0.25) is 0 Å². The second-order valence-electron chi connectivity index (χ2n) is 3.21. The molecule has 0 spiro atoms. The van der Waals surface area contributed by atoms with Crippen molar-refractivity contribution < 1.29 is 9.18 Å². The number of hydrogen-bond donors (Lipinski definition) is 0. The number of thiophene rings is 1. The summed E-state index contributed by atoms with van der Waals surface area (Å²) in [5.41, 5.74) is 0.326. The van der Waals surface area contributed by atoms with Crippen LogP contribution in [-0.2, 0) is 0 Å². The van der Waals surface area contributed by atoms with E-state index in [9.17, 15) is 9.18 Å². The number of ketones is 1. The third-order valence-corrected chi connectivity index (χ3v) is 6.00. The fourth-order valence-corrected chi connectivity index (χ4v) is 3.87. The lowest BCUT2D eigenvalue weighted by Crippen LogP contribution is -2.00. The van der Waals surface area contributed by atoms with Crippen molar-refractivity contribution in [1.29, 1.82) is 0 Å². The second kappa shape index (κ2) is 5.30. The molecule has 2 rings (SSSR count). The van der Waals surface area contributed by atoms with Gasteiger partial charge in [0, 0.05) is 19.9 Å². The van der Waals surface area contributed by atoms with Crippen molar-refractivity contribution in [3.8, 4) is 0 Å². The lowest BCUT2D eigenvalue weighted by molar-refractivity contribution is 0.104. The van der Waals surface area contributed by atoms with Gasteiger partial charge >= 0.3 is 0 Å². The molecule has 0 aliphatic carbocycles. The Labute approximate surface area is 126 Å². The van der Waals surface area contributed by atoms with Crippen LogP contribution in [0, 0.1) is 5.82 Å². The van der Waals surface area contributed by atoms with Crippen LogP contribution < -0.4 is 0 Å². The molecular weight excluding hydrogens is 439 g/mol. The molecule has 1 aromatic heterocycles. The van der Waals surface area contributed by atoms with Gasteiger partial charge in [-0.1, -0.05) is 15.9 Å². The average Bonchev–Trinajstić information content (AvgIpc) is 2.57. The van der Waals surface area contributed by atoms with Gasteiger partial charge in [-0.25, -0.2) is 4.39 Å². The lowest BCUT2D eigenvalue weighted by atomic mass is 10.1. The molecule has 0 saturated carbocycles. The van der Waals surface area contributed by atoms with Crippen LogP contribution in [0.3, 0.4) is 0 Å². The SMILES string of the molecule is O=C(c1cc(F)cc(Br)c1)c1scc(Br)c1Br. The molecule has 1 nitrogen and oxygen atoms in total. The summed E-state index contributed by atoms with van der Waals surface area (Å²) in [5.74, 6) is -0.637. The maximum Gasteiger partial charge on any atom is 0.204 e. The summed E-state index contributed by atoms with van der Waals surface area (Å²) in [7, 11) is 0. The smallest absolute Gasteiger partial charge is 0.204 e. The highest BCUT2D eigenvalue weighted by molar-refractivity contribution is 9.13. The molecular formula is C11H4Br3FOS. The van der Waals surface area contributed by atoms with E-state index < -0.39 is 5.82 Å². The topological polar surface area (TPSA) is 17.1 Å². The zero-order chi connectivity index (χ0) is 12.6. The third kappa shape index (κ3) is 2.86. The first-order valence-corrected chi connectivity index (χ1v) is 7.68. The minimum atomic E-state index is -0.436. The number of benzene rings is 1. The Morgan fingerprint density at radius 3 is 2.41 bits per heavy atom. The number of hydrogen-bond acceptors (Lipinski definition) is 2. The van der Waals surface area contributed by atoms with Crippen LogP contribution in [0.25, 0.3) is 0 Å². The van der Waals surface area contributed by atoms with Gasteiger partial charge in [0.25, 0.3) is 0 Å². The highest BCUT2D eigenvalue weighted by atomic mass is 79.9. The minimum absolute atomic E-state index is 0.201. The van der Waals surface area contributed by atoms with Crippen molar-refractivity contribution in [2.75, 3.05) is 0 Å². The fraction of sp³-hybridized carbons (Fsp3) is 0. The fourth-order valence-electron chi connectivity index (χ4n) is 1.29. The van der Waals surface area contributed by atoms with E-state index in [2.05, 4.69) is 47.8 Å². The first-order valence-electron chi connectivity index (χ1n) is 4.42. The van der Waals surface area contributed by atoms with E-state index in [1.54, 1.807) is 6.07 Å². The molecule has 0 atom stereocenters. The third-order valence-electron chi connectivity index (χ3n) is 2.02. The van der Waals surface area contributed by atoms with Gasteiger partial charge in [-0.15, -0.1) is 11.3 Å². The highest BCUT2D eigenvalue weighted by Gasteiger charge is 2.17. The Balaban J connectivity index is 2.47. The van der Waals surface area contributed by atoms with Crippen molar-refractivity contribution >= 4 is 64.9 Å². The molecule has 88 valence electrons. The lowest BCUT2D eigenvalue weighted by Gasteiger charge is -2.01. The van der Waals surface area contributed by atoms with E-state index in [1.165, 1.54) is 23.5 Å². The molecule has 1 heterocycles. The largest absolute Gasteiger partial charge is 0.288 e. The van der Waals surface area contributed by atoms with Gasteiger partial charge in [0.05, 0.1) is 9.35 Å². The average molecular weight is 443 g/mol. The molecule has 1 aromatic carbocycles. The van der Waals surface area contributed by atoms with E-state index in [1.807, 2.05) is 5.38 Å². The van der Waals surface area contributed by atoms with Crippen LogP contribution in [0.1, 0.15) is 15.2 Å². The van der Waals surface area contributed by atoms with Gasteiger partial charge < -0.3 is 0 Å². The summed E-state index contributed by atoms with van der Waals surface area (Å²) in [6, 6.07) is 4.15. The van der Waals surface area contributed by atoms with Crippen LogP contribution in [-0.4, -0.2) is 5.78 Å². The maximum absolute atomic E-state index is 13.2. The molecule has 0 saturated heterocycles. The van der Waals surface area contributed by atoms with Crippen LogP contribution in [0.15, 0.2) is 37.0 Å². The van der Waals surface area contributed by atoms with Crippen molar-refractivity contribution in [3.63, 3.8) is 0 Å². The predicted octanol–water partition coefficient (Wildman–Crippen LogP) is 5.41. The van der Waals surface area contributed by atoms with Crippen LogP contribution in [0.4, 0.5) is 4.39 Å². The van der Waals surface area contributed by atoms with E-state index in [0.29, 0.717) is 19.4 Å². The van der Waals surface area contributed by atoms with Crippen molar-refractivity contribution in [3.05, 3.63) is 53.3 Å². The summed E-state index contributed by atoms with van der Waals surface area (Å²) < 4.78 is 15.3. The number of halogens is 4. The van der Waals surface area contributed by atoms with Gasteiger partial charge in [0.1, 0.15) is 5.82 Å². The van der Waals surface area contributed by atoms with E-state index >= 15 is 0 Å². The van der Waals surface area contributed by atoms with Gasteiger partial charge in [-0.3, -0.25) is 4.79 Å². The summed E-state index contributed by atoms with van der Waals surface area (Å²) in [5, 5.41) is 1.81. The number of rotatable bonds is 2. The molecule has 0 radical (unpaired) electrons. The molecule has 0 unspecified atom stereocenters. The van der Waals surface area contributed by atoms with Gasteiger partial charge in [0.15, 0.2) is 0 Å². The standard InChI is InChI=1S/C11H4Br3FOS/c12-6-1-5(2-7(15)3-6)10(16)11-9(14)8(13)4-17-11/h1-4H. The Morgan fingerprint density at radius 1 is 1.18 bits per heavy atom. The molecule has 0 aliphatic rings. The Morgan fingerprint density at radius 2 is 1.88 bits per heavy atom.